The highest BCUT2D eigenvalue weighted by molar-refractivity contribution is 5.32. The van der Waals surface area contributed by atoms with Crippen molar-refractivity contribution in [3.05, 3.63) is 42.0 Å². The molecule has 0 aliphatic rings. The molecule has 0 atom stereocenters. The first-order valence-electron chi connectivity index (χ1n) is 4.75. The molecule has 82 valence electrons. The summed E-state index contributed by atoms with van der Waals surface area (Å²) in [4.78, 5) is 0. The molecule has 0 amide bonds. The van der Waals surface area contributed by atoms with E-state index in [1.54, 1.807) is 36.4 Å². The zero-order valence-electron chi connectivity index (χ0n) is 8.50. The van der Waals surface area contributed by atoms with Gasteiger partial charge in [0.15, 0.2) is 0 Å². The first-order valence-corrected chi connectivity index (χ1v) is 4.75. The van der Waals surface area contributed by atoms with Crippen molar-refractivity contribution in [2.45, 2.75) is 6.61 Å². The van der Waals surface area contributed by atoms with Gasteiger partial charge in [-0.25, -0.2) is 0 Å². The lowest BCUT2D eigenvalue weighted by molar-refractivity contribution is 0.281. The van der Waals surface area contributed by atoms with Crippen molar-refractivity contribution < 1.29 is 9.84 Å². The monoisotopic (exact) mass is 217 g/mol. The zero-order valence-corrected chi connectivity index (χ0v) is 8.50. The third-order valence-electron chi connectivity index (χ3n) is 1.99. The van der Waals surface area contributed by atoms with Crippen LogP contribution < -0.4 is 10.5 Å². The second kappa shape index (κ2) is 4.59. The van der Waals surface area contributed by atoms with Crippen LogP contribution in [0.5, 0.6) is 11.6 Å². The second-order valence-corrected chi connectivity index (χ2v) is 3.20. The van der Waals surface area contributed by atoms with Gasteiger partial charge in [0.1, 0.15) is 11.6 Å². The number of nitrogens with two attached hydrogens (primary N) is 1. The minimum Gasteiger partial charge on any atom is -0.438 e. The Balaban J connectivity index is 2.11. The highest BCUT2D eigenvalue weighted by atomic mass is 16.5. The molecule has 0 saturated heterocycles. The van der Waals surface area contributed by atoms with Crippen LogP contribution in [0.4, 0.5) is 5.82 Å². The highest BCUT2D eigenvalue weighted by Gasteiger charge is 1.99. The molecule has 0 spiro atoms. The fourth-order valence-corrected chi connectivity index (χ4v) is 1.17. The number of hydrogen-bond donors (Lipinski definition) is 2. The number of anilines is 1. The molecule has 0 fully saturated rings. The number of aliphatic hydroxyl groups is 1. The van der Waals surface area contributed by atoms with Crippen LogP contribution in [0, 0.1) is 0 Å². The SMILES string of the molecule is Nc1ccc(Oc2ccc(CO)cc2)nn1. The van der Waals surface area contributed by atoms with Gasteiger partial charge >= 0.3 is 0 Å². The summed E-state index contributed by atoms with van der Waals surface area (Å²) in [5.41, 5.74) is 6.23. The van der Waals surface area contributed by atoms with Crippen molar-refractivity contribution in [2.24, 2.45) is 0 Å². The van der Waals surface area contributed by atoms with E-state index in [0.717, 1.165) is 5.56 Å². The van der Waals surface area contributed by atoms with Crippen LogP contribution >= 0.6 is 0 Å². The first kappa shape index (κ1) is 10.4. The second-order valence-electron chi connectivity index (χ2n) is 3.20. The van der Waals surface area contributed by atoms with E-state index in [-0.39, 0.29) is 6.61 Å². The Morgan fingerprint density at radius 3 is 2.38 bits per heavy atom. The summed E-state index contributed by atoms with van der Waals surface area (Å²) in [6, 6.07) is 10.3. The van der Waals surface area contributed by atoms with Gasteiger partial charge in [0.2, 0.25) is 5.88 Å². The molecule has 1 aromatic heterocycles. The first-order chi connectivity index (χ1) is 7.78. The van der Waals surface area contributed by atoms with Gasteiger partial charge in [-0.15, -0.1) is 10.2 Å². The molecule has 0 bridgehead atoms. The molecule has 1 heterocycles. The van der Waals surface area contributed by atoms with E-state index >= 15 is 0 Å². The van der Waals surface area contributed by atoms with Crippen LogP contribution in [0.3, 0.4) is 0 Å². The van der Waals surface area contributed by atoms with E-state index in [0.29, 0.717) is 17.4 Å². The maximum atomic E-state index is 8.87. The van der Waals surface area contributed by atoms with Crippen molar-refractivity contribution in [2.75, 3.05) is 5.73 Å². The van der Waals surface area contributed by atoms with Gasteiger partial charge < -0.3 is 15.6 Å². The molecule has 0 saturated carbocycles. The zero-order chi connectivity index (χ0) is 11.4. The van der Waals surface area contributed by atoms with Crippen LogP contribution in [0.1, 0.15) is 5.56 Å². The molecule has 2 aromatic rings. The number of aromatic nitrogens is 2. The summed E-state index contributed by atoms with van der Waals surface area (Å²) < 4.78 is 5.42. The van der Waals surface area contributed by atoms with E-state index in [9.17, 15) is 0 Å². The summed E-state index contributed by atoms with van der Waals surface area (Å²) >= 11 is 0. The van der Waals surface area contributed by atoms with Gasteiger partial charge in [0.05, 0.1) is 6.61 Å². The highest BCUT2D eigenvalue weighted by Crippen LogP contribution is 2.19. The van der Waals surface area contributed by atoms with Crippen LogP contribution in [0.25, 0.3) is 0 Å². The Bertz CT molecular complexity index is 454. The van der Waals surface area contributed by atoms with Crippen LogP contribution in [0.15, 0.2) is 36.4 Å². The minimum absolute atomic E-state index is 0.0158. The van der Waals surface area contributed by atoms with Crippen molar-refractivity contribution in [1.82, 2.24) is 10.2 Å². The summed E-state index contributed by atoms with van der Waals surface area (Å²) in [7, 11) is 0. The van der Waals surface area contributed by atoms with Crippen LogP contribution in [-0.4, -0.2) is 15.3 Å². The number of nitrogen functional groups attached to an aromatic ring is 1. The Labute approximate surface area is 92.5 Å². The lowest BCUT2D eigenvalue weighted by Gasteiger charge is -2.04. The number of rotatable bonds is 3. The minimum atomic E-state index is 0.0158. The lowest BCUT2D eigenvalue weighted by Crippen LogP contribution is -1.94. The average Bonchev–Trinajstić information content (AvgIpc) is 2.33. The topological polar surface area (TPSA) is 81.3 Å². The molecule has 16 heavy (non-hydrogen) atoms. The van der Waals surface area contributed by atoms with Gasteiger partial charge in [-0.2, -0.15) is 0 Å². The molecule has 3 N–H and O–H groups in total. The molecular formula is C11H11N3O2. The van der Waals surface area contributed by atoms with E-state index in [1.807, 2.05) is 0 Å². The Morgan fingerprint density at radius 1 is 1.06 bits per heavy atom. The predicted molar refractivity (Wildman–Crippen MR) is 58.9 cm³/mol. The average molecular weight is 217 g/mol. The summed E-state index contributed by atoms with van der Waals surface area (Å²) in [5, 5.41) is 16.3. The van der Waals surface area contributed by atoms with E-state index < -0.39 is 0 Å². The van der Waals surface area contributed by atoms with Gasteiger partial charge in [0.25, 0.3) is 0 Å². The maximum Gasteiger partial charge on any atom is 0.238 e. The predicted octanol–water partition coefficient (Wildman–Crippen LogP) is 1.34. The van der Waals surface area contributed by atoms with Gasteiger partial charge in [-0.3, -0.25) is 0 Å². The van der Waals surface area contributed by atoms with Crippen molar-refractivity contribution in [3.8, 4) is 11.6 Å². The molecule has 2 rings (SSSR count). The van der Waals surface area contributed by atoms with Crippen LogP contribution in [0.2, 0.25) is 0 Å². The van der Waals surface area contributed by atoms with Gasteiger partial charge in [-0.05, 0) is 23.8 Å². The number of aliphatic hydroxyl groups excluding tert-OH is 1. The van der Waals surface area contributed by atoms with Crippen molar-refractivity contribution >= 4 is 5.82 Å². The summed E-state index contributed by atoms with van der Waals surface area (Å²) in [6.07, 6.45) is 0. The maximum absolute atomic E-state index is 8.87. The van der Waals surface area contributed by atoms with Crippen molar-refractivity contribution in [3.63, 3.8) is 0 Å². The smallest absolute Gasteiger partial charge is 0.238 e. The molecule has 5 nitrogen and oxygen atoms in total. The molecule has 1 aromatic carbocycles. The largest absolute Gasteiger partial charge is 0.438 e. The Hall–Kier alpha value is -2.14. The molecule has 0 unspecified atom stereocenters. The summed E-state index contributed by atoms with van der Waals surface area (Å²) in [6.45, 7) is 0.0158. The van der Waals surface area contributed by atoms with Crippen LogP contribution in [-0.2, 0) is 6.61 Å². The van der Waals surface area contributed by atoms with E-state index in [1.165, 1.54) is 0 Å². The Morgan fingerprint density at radius 2 is 1.81 bits per heavy atom. The number of ether oxygens (including phenoxy) is 1. The standard InChI is InChI=1S/C11H11N3O2/c12-10-5-6-11(14-13-10)16-9-3-1-8(7-15)2-4-9/h1-6,15H,7H2,(H2,12,13). The lowest BCUT2D eigenvalue weighted by atomic mass is 10.2. The third kappa shape index (κ3) is 2.46. The van der Waals surface area contributed by atoms with Gasteiger partial charge in [0, 0.05) is 6.07 Å². The van der Waals surface area contributed by atoms with E-state index in [2.05, 4.69) is 10.2 Å². The molecule has 5 heteroatoms. The fourth-order valence-electron chi connectivity index (χ4n) is 1.17. The number of hydrogen-bond acceptors (Lipinski definition) is 5. The van der Waals surface area contributed by atoms with Crippen molar-refractivity contribution in [1.29, 1.82) is 0 Å². The molecule has 0 aliphatic heterocycles. The third-order valence-corrected chi connectivity index (χ3v) is 1.99. The molecular weight excluding hydrogens is 206 g/mol. The Kier molecular flexibility index (Phi) is 2.98. The number of nitrogens with zero attached hydrogens (tertiary/aromatic N) is 2. The normalized spacial score (nSPS) is 10.1. The number of benzene rings is 1. The van der Waals surface area contributed by atoms with Gasteiger partial charge in [-0.1, -0.05) is 12.1 Å². The summed E-state index contributed by atoms with van der Waals surface area (Å²) in [5.74, 6) is 1.37. The molecule has 0 radical (unpaired) electrons. The quantitative estimate of drug-likeness (QED) is 0.810. The molecule has 0 aliphatic carbocycles. The fraction of sp³-hybridized carbons (Fsp3) is 0.0909. The van der Waals surface area contributed by atoms with E-state index in [4.69, 9.17) is 15.6 Å².